The number of aliphatic carboxylic acids is 1. The zero-order chi connectivity index (χ0) is 17.6. The molecule has 1 rings (SSSR count). The molecule has 0 aliphatic heterocycles. The van der Waals surface area contributed by atoms with Crippen molar-refractivity contribution in [3.8, 4) is 0 Å². The Hall–Kier alpha value is -2.41. The smallest absolute Gasteiger partial charge is 0.352 e. The number of carbonyl (C=O) groups excluding carboxylic acids is 2. The number of benzene rings is 1. The van der Waals surface area contributed by atoms with Crippen LogP contribution in [0.5, 0.6) is 0 Å². The average Bonchev–Trinajstić information content (AvgIpc) is 2.43. The molecule has 0 aromatic heterocycles. The molecule has 7 nitrogen and oxygen atoms in total. The Morgan fingerprint density at radius 1 is 1.13 bits per heavy atom. The van der Waals surface area contributed by atoms with Gasteiger partial charge in [-0.1, -0.05) is 30.3 Å². The Morgan fingerprint density at radius 2 is 1.70 bits per heavy atom. The molecule has 0 fully saturated rings. The van der Waals surface area contributed by atoms with Gasteiger partial charge in [0.05, 0.1) is 6.42 Å². The zero-order valence-corrected chi connectivity index (χ0v) is 13.2. The molecule has 1 unspecified atom stereocenters. The molecule has 0 aliphatic carbocycles. The Labute approximate surface area is 133 Å². The van der Waals surface area contributed by atoms with Gasteiger partial charge >= 0.3 is 17.9 Å². The highest BCUT2D eigenvalue weighted by atomic mass is 16.6. The van der Waals surface area contributed by atoms with Gasteiger partial charge in [-0.3, -0.25) is 4.79 Å². The van der Waals surface area contributed by atoms with Crippen LogP contribution in [-0.2, 0) is 23.9 Å². The molecule has 0 aliphatic rings. The molecule has 126 valence electrons. The number of carboxylic acids is 1. The number of aliphatic hydroxyl groups excluding tert-OH is 1. The first-order valence-electron chi connectivity index (χ1n) is 6.98. The predicted molar refractivity (Wildman–Crippen MR) is 79.4 cm³/mol. The van der Waals surface area contributed by atoms with Crippen molar-refractivity contribution >= 4 is 17.9 Å². The molecule has 0 amide bonds. The van der Waals surface area contributed by atoms with E-state index in [2.05, 4.69) is 0 Å². The first kappa shape index (κ1) is 18.6. The second-order valence-electron chi connectivity index (χ2n) is 5.87. The molecule has 1 aromatic carbocycles. The van der Waals surface area contributed by atoms with Gasteiger partial charge in [-0.05, 0) is 20.8 Å². The van der Waals surface area contributed by atoms with Crippen molar-refractivity contribution < 1.29 is 34.1 Å². The summed E-state index contributed by atoms with van der Waals surface area (Å²) in [5, 5.41) is 17.8. The van der Waals surface area contributed by atoms with E-state index >= 15 is 0 Å². The van der Waals surface area contributed by atoms with E-state index in [0.717, 1.165) is 0 Å². The molecule has 0 radical (unpaired) electrons. The molecule has 2 N–H and O–H groups in total. The van der Waals surface area contributed by atoms with Crippen LogP contribution in [-0.4, -0.2) is 39.8 Å². The van der Waals surface area contributed by atoms with Gasteiger partial charge in [0.1, 0.15) is 5.60 Å². The molecule has 7 heteroatoms. The van der Waals surface area contributed by atoms with Crippen molar-refractivity contribution in [1.29, 1.82) is 0 Å². The molecular formula is C16H20O7. The molecule has 1 aromatic rings. The molecule has 0 heterocycles. The molecule has 0 spiro atoms. The summed E-state index contributed by atoms with van der Waals surface area (Å²) in [7, 11) is 0. The number of carboxylic acid groups (broad SMARTS) is 1. The van der Waals surface area contributed by atoms with Gasteiger partial charge in [0, 0.05) is 5.56 Å². The summed E-state index contributed by atoms with van der Waals surface area (Å²) in [6.45, 7) is 5.01. The minimum Gasteiger partial charge on any atom is -0.479 e. The van der Waals surface area contributed by atoms with Gasteiger partial charge in [-0.25, -0.2) is 9.59 Å². The maximum absolute atomic E-state index is 12.2. The molecule has 2 atom stereocenters. The Bertz CT molecular complexity index is 560. The Balaban J connectivity index is 2.90. The van der Waals surface area contributed by atoms with Gasteiger partial charge in [-0.15, -0.1) is 0 Å². The summed E-state index contributed by atoms with van der Waals surface area (Å²) < 4.78 is 10.2. The zero-order valence-electron chi connectivity index (χ0n) is 13.2. The number of aliphatic hydroxyl groups is 1. The quantitative estimate of drug-likeness (QED) is 0.762. The molecule has 0 saturated carbocycles. The van der Waals surface area contributed by atoms with Crippen LogP contribution in [0, 0.1) is 0 Å². The van der Waals surface area contributed by atoms with Gasteiger partial charge in [0.25, 0.3) is 0 Å². The lowest BCUT2D eigenvalue weighted by Crippen LogP contribution is -2.31. The highest BCUT2D eigenvalue weighted by Gasteiger charge is 2.31. The van der Waals surface area contributed by atoms with E-state index in [-0.39, 0.29) is 0 Å². The van der Waals surface area contributed by atoms with Crippen LogP contribution in [0.1, 0.15) is 38.9 Å². The van der Waals surface area contributed by atoms with E-state index in [0.29, 0.717) is 5.56 Å². The molecule has 0 saturated heterocycles. The van der Waals surface area contributed by atoms with Crippen LogP contribution in [0.2, 0.25) is 0 Å². The van der Waals surface area contributed by atoms with Gasteiger partial charge in [-0.2, -0.15) is 0 Å². The topological polar surface area (TPSA) is 110 Å². The highest BCUT2D eigenvalue weighted by Crippen LogP contribution is 2.23. The lowest BCUT2D eigenvalue weighted by atomic mass is 10.1. The summed E-state index contributed by atoms with van der Waals surface area (Å²) in [4.78, 5) is 34.6. The van der Waals surface area contributed by atoms with Crippen molar-refractivity contribution in [2.75, 3.05) is 0 Å². The first-order chi connectivity index (χ1) is 10.6. The van der Waals surface area contributed by atoms with E-state index in [1.54, 1.807) is 51.1 Å². The van der Waals surface area contributed by atoms with Crippen LogP contribution in [0.15, 0.2) is 30.3 Å². The number of esters is 2. The molecule has 23 heavy (non-hydrogen) atoms. The average molecular weight is 324 g/mol. The van der Waals surface area contributed by atoms with E-state index in [1.165, 1.54) is 0 Å². The first-order valence-corrected chi connectivity index (χ1v) is 6.98. The third kappa shape index (κ3) is 6.48. The maximum Gasteiger partial charge on any atom is 0.352 e. The van der Waals surface area contributed by atoms with Crippen LogP contribution >= 0.6 is 0 Å². The number of hydrogen-bond acceptors (Lipinski definition) is 6. The van der Waals surface area contributed by atoms with Crippen molar-refractivity contribution in [1.82, 2.24) is 0 Å². The number of ether oxygens (including phenoxy) is 2. The fourth-order valence-corrected chi connectivity index (χ4v) is 1.66. The number of rotatable bonds is 6. The van der Waals surface area contributed by atoms with E-state index in [9.17, 15) is 19.5 Å². The van der Waals surface area contributed by atoms with Gasteiger partial charge < -0.3 is 19.7 Å². The summed E-state index contributed by atoms with van der Waals surface area (Å²) in [5.74, 6) is -3.34. The summed E-state index contributed by atoms with van der Waals surface area (Å²) in [6.07, 6.45) is -3.98. The van der Waals surface area contributed by atoms with Crippen molar-refractivity contribution in [3.05, 3.63) is 35.9 Å². The van der Waals surface area contributed by atoms with Crippen LogP contribution in [0.25, 0.3) is 0 Å². The number of carbonyl (C=O) groups is 3. The predicted octanol–water partition coefficient (Wildman–Crippen LogP) is 1.45. The van der Waals surface area contributed by atoms with E-state index < -0.39 is 42.1 Å². The minimum atomic E-state index is -1.89. The molecular weight excluding hydrogens is 304 g/mol. The lowest BCUT2D eigenvalue weighted by Gasteiger charge is -2.24. The van der Waals surface area contributed by atoms with Crippen molar-refractivity contribution in [2.45, 2.75) is 45.0 Å². The van der Waals surface area contributed by atoms with Gasteiger partial charge in [0.15, 0.2) is 6.10 Å². The summed E-state index contributed by atoms with van der Waals surface area (Å²) in [5.41, 5.74) is -0.392. The lowest BCUT2D eigenvalue weighted by molar-refractivity contribution is -0.178. The normalized spacial score (nSPS) is 13.7. The minimum absolute atomic E-state index is 0.389. The third-order valence-corrected chi connectivity index (χ3v) is 2.62. The van der Waals surface area contributed by atoms with Crippen LogP contribution in [0.3, 0.4) is 0 Å². The van der Waals surface area contributed by atoms with Crippen molar-refractivity contribution in [2.24, 2.45) is 0 Å². The monoisotopic (exact) mass is 324 g/mol. The van der Waals surface area contributed by atoms with Crippen LogP contribution < -0.4 is 0 Å². The largest absolute Gasteiger partial charge is 0.479 e. The standard InChI is InChI=1S/C16H20O7/c1-16(2,3)23-15(21)13(10-7-5-4-6-8-10)22-12(18)9-11(17)14(19)20/h4-8,11,13,17H,9H2,1-3H3,(H,19,20)/t11?,13-/m0/s1. The Morgan fingerprint density at radius 3 is 2.17 bits per heavy atom. The fraction of sp³-hybridized carbons (Fsp3) is 0.438. The van der Waals surface area contributed by atoms with Crippen molar-refractivity contribution in [3.63, 3.8) is 0 Å². The fourth-order valence-electron chi connectivity index (χ4n) is 1.66. The van der Waals surface area contributed by atoms with Gasteiger partial charge in [0.2, 0.25) is 6.10 Å². The van der Waals surface area contributed by atoms with E-state index in [4.69, 9.17) is 14.6 Å². The maximum atomic E-state index is 12.2. The third-order valence-electron chi connectivity index (χ3n) is 2.62. The second kappa shape index (κ2) is 7.73. The molecule has 0 bridgehead atoms. The second-order valence-corrected chi connectivity index (χ2v) is 5.87. The number of hydrogen-bond donors (Lipinski definition) is 2. The Kier molecular flexibility index (Phi) is 6.27. The summed E-state index contributed by atoms with van der Waals surface area (Å²) >= 11 is 0. The van der Waals surface area contributed by atoms with Crippen LogP contribution in [0.4, 0.5) is 0 Å². The SMILES string of the molecule is CC(C)(C)OC(=O)[C@@H](OC(=O)CC(O)C(=O)O)c1ccccc1. The van der Waals surface area contributed by atoms with E-state index in [1.807, 2.05) is 0 Å². The summed E-state index contributed by atoms with van der Waals surface area (Å²) in [6, 6.07) is 8.20. The highest BCUT2D eigenvalue weighted by molar-refractivity contribution is 5.84.